The molecule has 1 aliphatic heterocycles. The van der Waals surface area contributed by atoms with Gasteiger partial charge in [0.1, 0.15) is 18.1 Å². The summed E-state index contributed by atoms with van der Waals surface area (Å²) in [6.45, 7) is 5.34. The van der Waals surface area contributed by atoms with Gasteiger partial charge in [-0.3, -0.25) is 9.80 Å². The summed E-state index contributed by atoms with van der Waals surface area (Å²) in [5.41, 5.74) is 1.03. The Hall–Kier alpha value is -2.49. The van der Waals surface area contributed by atoms with E-state index in [4.69, 9.17) is 25.8 Å². The van der Waals surface area contributed by atoms with Crippen LogP contribution >= 0.6 is 11.6 Å². The number of hydrogen-bond donors (Lipinski definition) is 0. The third kappa shape index (κ3) is 8.01. The standard InChI is InChI=1S/C26H35ClN2O6S/c1-4-5-16-34-26(30)29-15-14-28(13-12-20-17-21(27)6-11-25(20)33-2)18-22(29)19-35-23-7-9-24(10-8-23)36(3,31)32/h6-11,17,22H,4-5,12-16,18-19H2,1-3H3/t22-/m0/s1. The maximum Gasteiger partial charge on any atom is 0.410 e. The Kier molecular flexibility index (Phi) is 10.3. The molecule has 36 heavy (non-hydrogen) atoms. The van der Waals surface area contributed by atoms with E-state index >= 15 is 0 Å². The van der Waals surface area contributed by atoms with Crippen molar-refractivity contribution >= 4 is 27.5 Å². The summed E-state index contributed by atoms with van der Waals surface area (Å²) >= 11 is 6.18. The number of carbonyl (C=O) groups is 1. The Labute approximate surface area is 219 Å². The number of nitrogens with zero attached hydrogens (tertiary/aromatic N) is 2. The average molecular weight is 539 g/mol. The minimum absolute atomic E-state index is 0.219. The molecule has 1 aliphatic rings. The van der Waals surface area contributed by atoms with Gasteiger partial charge >= 0.3 is 6.09 Å². The molecule has 0 aromatic heterocycles. The first-order chi connectivity index (χ1) is 17.2. The highest BCUT2D eigenvalue weighted by molar-refractivity contribution is 7.90. The lowest BCUT2D eigenvalue weighted by Gasteiger charge is -2.40. The van der Waals surface area contributed by atoms with Gasteiger partial charge < -0.3 is 14.2 Å². The Morgan fingerprint density at radius 3 is 2.56 bits per heavy atom. The molecule has 3 rings (SSSR count). The van der Waals surface area contributed by atoms with E-state index in [0.717, 1.165) is 37.1 Å². The number of piperazine rings is 1. The fraction of sp³-hybridized carbons (Fsp3) is 0.500. The number of ether oxygens (including phenoxy) is 3. The van der Waals surface area contributed by atoms with Crippen molar-refractivity contribution in [2.24, 2.45) is 0 Å². The summed E-state index contributed by atoms with van der Waals surface area (Å²) < 4.78 is 40.4. The molecule has 1 atom stereocenters. The summed E-state index contributed by atoms with van der Waals surface area (Å²) in [7, 11) is -1.64. The summed E-state index contributed by atoms with van der Waals surface area (Å²) in [4.78, 5) is 17.0. The molecule has 0 bridgehead atoms. The molecular formula is C26H35ClN2O6S. The molecule has 1 amide bonds. The van der Waals surface area contributed by atoms with Crippen molar-refractivity contribution in [2.75, 3.05) is 52.8 Å². The van der Waals surface area contributed by atoms with Crippen molar-refractivity contribution in [1.82, 2.24) is 9.80 Å². The molecule has 0 N–H and O–H groups in total. The number of unbranched alkanes of at least 4 members (excludes halogenated alkanes) is 1. The first kappa shape index (κ1) is 28.1. The third-order valence-corrected chi connectivity index (χ3v) is 7.52. The predicted octanol–water partition coefficient (Wildman–Crippen LogP) is 4.30. The molecule has 198 valence electrons. The SMILES string of the molecule is CCCCOC(=O)N1CCN(CCc2cc(Cl)ccc2OC)C[C@H]1COc1ccc(S(C)(=O)=O)cc1. The van der Waals surface area contributed by atoms with Gasteiger partial charge in [0, 0.05) is 37.5 Å². The van der Waals surface area contributed by atoms with Crippen molar-refractivity contribution in [2.45, 2.75) is 37.1 Å². The number of benzene rings is 2. The molecule has 10 heteroatoms. The van der Waals surface area contributed by atoms with Gasteiger partial charge in [-0.05, 0) is 60.9 Å². The minimum Gasteiger partial charge on any atom is -0.496 e. The van der Waals surface area contributed by atoms with E-state index in [1.165, 1.54) is 18.4 Å². The van der Waals surface area contributed by atoms with Crippen LogP contribution in [0.4, 0.5) is 4.79 Å². The van der Waals surface area contributed by atoms with Crippen molar-refractivity contribution in [3.05, 3.63) is 53.1 Å². The number of hydrogen-bond acceptors (Lipinski definition) is 7. The van der Waals surface area contributed by atoms with Crippen molar-refractivity contribution < 1.29 is 27.4 Å². The maximum absolute atomic E-state index is 12.8. The van der Waals surface area contributed by atoms with Crippen LogP contribution in [0.15, 0.2) is 47.4 Å². The molecule has 1 heterocycles. The first-order valence-corrected chi connectivity index (χ1v) is 14.4. The Balaban J connectivity index is 1.66. The van der Waals surface area contributed by atoms with E-state index < -0.39 is 9.84 Å². The van der Waals surface area contributed by atoms with Crippen LogP contribution in [0.1, 0.15) is 25.3 Å². The largest absolute Gasteiger partial charge is 0.496 e. The topological polar surface area (TPSA) is 85.4 Å². The van der Waals surface area contributed by atoms with Gasteiger partial charge in [-0.25, -0.2) is 13.2 Å². The van der Waals surface area contributed by atoms with E-state index in [-0.39, 0.29) is 23.6 Å². The zero-order chi connectivity index (χ0) is 26.1. The summed E-state index contributed by atoms with van der Waals surface area (Å²) in [5, 5.41) is 0.665. The van der Waals surface area contributed by atoms with Crippen LogP contribution in [0.3, 0.4) is 0 Å². The maximum atomic E-state index is 12.8. The van der Waals surface area contributed by atoms with Gasteiger partial charge in [-0.2, -0.15) is 0 Å². The lowest BCUT2D eigenvalue weighted by Crippen LogP contribution is -2.57. The first-order valence-electron chi connectivity index (χ1n) is 12.1. The molecule has 0 aliphatic carbocycles. The normalized spacial score (nSPS) is 16.6. The monoisotopic (exact) mass is 538 g/mol. The molecule has 0 radical (unpaired) electrons. The second-order valence-corrected chi connectivity index (χ2v) is 11.3. The van der Waals surface area contributed by atoms with Crippen LogP contribution in [0.25, 0.3) is 0 Å². The van der Waals surface area contributed by atoms with E-state index in [0.29, 0.717) is 37.0 Å². The molecule has 0 spiro atoms. The van der Waals surface area contributed by atoms with Gasteiger partial charge in [0.15, 0.2) is 9.84 Å². The van der Waals surface area contributed by atoms with E-state index in [1.807, 2.05) is 25.1 Å². The fourth-order valence-electron chi connectivity index (χ4n) is 4.09. The Morgan fingerprint density at radius 2 is 1.89 bits per heavy atom. The zero-order valence-electron chi connectivity index (χ0n) is 21.1. The third-order valence-electron chi connectivity index (χ3n) is 6.16. The minimum atomic E-state index is -3.28. The molecule has 1 saturated heterocycles. The molecule has 0 saturated carbocycles. The van der Waals surface area contributed by atoms with Crippen LogP contribution in [0, 0.1) is 0 Å². The smallest absolute Gasteiger partial charge is 0.410 e. The molecule has 0 unspecified atom stereocenters. The number of methoxy groups -OCH3 is 1. The zero-order valence-corrected chi connectivity index (χ0v) is 22.7. The highest BCUT2D eigenvalue weighted by Gasteiger charge is 2.32. The van der Waals surface area contributed by atoms with E-state index in [1.54, 1.807) is 24.1 Å². The molecule has 8 nitrogen and oxygen atoms in total. The number of halogens is 1. The average Bonchev–Trinajstić information content (AvgIpc) is 2.86. The van der Waals surface area contributed by atoms with Gasteiger partial charge in [0.2, 0.25) is 0 Å². The van der Waals surface area contributed by atoms with Crippen molar-refractivity contribution in [3.63, 3.8) is 0 Å². The van der Waals surface area contributed by atoms with Crippen LogP contribution < -0.4 is 9.47 Å². The Bertz CT molecular complexity index is 1110. The van der Waals surface area contributed by atoms with Gasteiger partial charge in [-0.1, -0.05) is 24.9 Å². The van der Waals surface area contributed by atoms with Gasteiger partial charge in [0.05, 0.1) is 24.7 Å². The molecule has 2 aromatic rings. The van der Waals surface area contributed by atoms with Crippen LogP contribution in [0.5, 0.6) is 11.5 Å². The van der Waals surface area contributed by atoms with Crippen LogP contribution in [-0.4, -0.2) is 83.1 Å². The highest BCUT2D eigenvalue weighted by Crippen LogP contribution is 2.24. The number of sulfone groups is 1. The van der Waals surface area contributed by atoms with Crippen molar-refractivity contribution in [3.8, 4) is 11.5 Å². The summed E-state index contributed by atoms with van der Waals surface area (Å²) in [5.74, 6) is 1.34. The molecule has 2 aromatic carbocycles. The number of carbonyl (C=O) groups excluding carboxylic acids is 1. The van der Waals surface area contributed by atoms with Gasteiger partial charge in [-0.15, -0.1) is 0 Å². The second kappa shape index (κ2) is 13.2. The van der Waals surface area contributed by atoms with Crippen LogP contribution in [-0.2, 0) is 21.0 Å². The van der Waals surface area contributed by atoms with E-state index in [2.05, 4.69) is 4.90 Å². The number of rotatable bonds is 11. The second-order valence-electron chi connectivity index (χ2n) is 8.88. The van der Waals surface area contributed by atoms with Crippen LogP contribution in [0.2, 0.25) is 5.02 Å². The quantitative estimate of drug-likeness (QED) is 0.394. The highest BCUT2D eigenvalue weighted by atomic mass is 35.5. The number of amides is 1. The summed E-state index contributed by atoms with van der Waals surface area (Å²) in [6.07, 6.45) is 3.36. The molecule has 1 fully saturated rings. The van der Waals surface area contributed by atoms with Gasteiger partial charge in [0.25, 0.3) is 0 Å². The Morgan fingerprint density at radius 1 is 1.14 bits per heavy atom. The van der Waals surface area contributed by atoms with Crippen molar-refractivity contribution in [1.29, 1.82) is 0 Å². The lowest BCUT2D eigenvalue weighted by molar-refractivity contribution is 0.0301. The predicted molar refractivity (Wildman–Crippen MR) is 140 cm³/mol. The fourth-order valence-corrected chi connectivity index (χ4v) is 4.91. The summed E-state index contributed by atoms with van der Waals surface area (Å²) in [6, 6.07) is 11.7. The van der Waals surface area contributed by atoms with E-state index in [9.17, 15) is 13.2 Å². The lowest BCUT2D eigenvalue weighted by atomic mass is 10.1. The molecular weight excluding hydrogens is 504 g/mol.